The van der Waals surface area contributed by atoms with E-state index in [1.165, 1.54) is 4.90 Å². The standard InChI is InChI=1S/C20H21F3N4O4S/c1-32(29,30)15-9-24-20(25-10-15)26-4-2-16(17(23)11-26)19(28)27-18(3-5-31-27)12-6-13(21)8-14(22)7-12/h6-10,16-18H,2-5,11H2,1H3/t16-,17+,18+/m1/s1. The summed E-state index contributed by atoms with van der Waals surface area (Å²) in [5.41, 5.74) is 0.251. The number of nitrogens with zero attached hydrogens (tertiary/aromatic N) is 4. The van der Waals surface area contributed by atoms with Crippen molar-refractivity contribution in [2.75, 3.05) is 30.9 Å². The summed E-state index contributed by atoms with van der Waals surface area (Å²) >= 11 is 0. The predicted octanol–water partition coefficient (Wildman–Crippen LogP) is 2.23. The van der Waals surface area contributed by atoms with Gasteiger partial charge in [0.25, 0.3) is 5.91 Å². The minimum absolute atomic E-state index is 0.0471. The number of sulfone groups is 1. The van der Waals surface area contributed by atoms with E-state index in [-0.39, 0.29) is 42.5 Å². The van der Waals surface area contributed by atoms with Gasteiger partial charge in [-0.25, -0.2) is 36.6 Å². The van der Waals surface area contributed by atoms with Crippen molar-refractivity contribution in [3.8, 4) is 0 Å². The topological polar surface area (TPSA) is 92.7 Å². The minimum Gasteiger partial charge on any atom is -0.338 e. The zero-order chi connectivity index (χ0) is 23.0. The van der Waals surface area contributed by atoms with E-state index in [9.17, 15) is 26.4 Å². The Morgan fingerprint density at radius 3 is 2.38 bits per heavy atom. The largest absolute Gasteiger partial charge is 0.338 e. The van der Waals surface area contributed by atoms with E-state index >= 15 is 0 Å². The Hall–Kier alpha value is -2.73. The summed E-state index contributed by atoms with van der Waals surface area (Å²) in [6, 6.07) is 2.30. The zero-order valence-corrected chi connectivity index (χ0v) is 17.9. The van der Waals surface area contributed by atoms with Crippen molar-refractivity contribution in [1.29, 1.82) is 0 Å². The molecular formula is C20H21F3N4O4S. The summed E-state index contributed by atoms with van der Waals surface area (Å²) in [7, 11) is -3.45. The lowest BCUT2D eigenvalue weighted by Gasteiger charge is -2.36. The third-order valence-electron chi connectivity index (χ3n) is 5.58. The second-order valence-corrected chi connectivity index (χ2v) is 9.87. The third kappa shape index (κ3) is 4.56. The highest BCUT2D eigenvalue weighted by Crippen LogP contribution is 2.35. The van der Waals surface area contributed by atoms with Crippen LogP contribution in [0.4, 0.5) is 19.1 Å². The number of hydroxylamine groups is 2. The first kappa shape index (κ1) is 22.5. The zero-order valence-electron chi connectivity index (χ0n) is 17.1. The van der Waals surface area contributed by atoms with Gasteiger partial charge in [0.1, 0.15) is 22.7 Å². The van der Waals surface area contributed by atoms with Crippen LogP contribution in [0.5, 0.6) is 0 Å². The number of anilines is 1. The molecule has 2 aliphatic rings. The maximum Gasteiger partial charge on any atom is 0.252 e. The molecule has 0 bridgehead atoms. The second-order valence-electron chi connectivity index (χ2n) is 7.85. The maximum absolute atomic E-state index is 15.0. The van der Waals surface area contributed by atoms with Gasteiger partial charge in [-0.1, -0.05) is 0 Å². The molecule has 2 saturated heterocycles. The van der Waals surface area contributed by atoms with Crippen LogP contribution in [0.3, 0.4) is 0 Å². The highest BCUT2D eigenvalue weighted by atomic mass is 32.2. The van der Waals surface area contributed by atoms with Crippen molar-refractivity contribution >= 4 is 21.7 Å². The van der Waals surface area contributed by atoms with Gasteiger partial charge < -0.3 is 4.90 Å². The number of aromatic nitrogens is 2. The Balaban J connectivity index is 1.45. The maximum atomic E-state index is 15.0. The molecule has 12 heteroatoms. The molecule has 2 fully saturated rings. The SMILES string of the molecule is CS(=O)(=O)c1cnc(N2CC[C@@H](C(=O)N3OCC[C@H]3c3cc(F)cc(F)c3)[C@@H](F)C2)nc1. The molecule has 0 radical (unpaired) electrons. The minimum atomic E-state index is -3.45. The molecule has 0 spiro atoms. The van der Waals surface area contributed by atoms with Crippen molar-refractivity contribution in [2.24, 2.45) is 5.92 Å². The predicted molar refractivity (Wildman–Crippen MR) is 107 cm³/mol. The number of benzene rings is 1. The molecule has 1 aromatic heterocycles. The number of carbonyl (C=O) groups is 1. The lowest BCUT2D eigenvalue weighted by molar-refractivity contribution is -0.184. The number of halogens is 3. The van der Waals surface area contributed by atoms with E-state index < -0.39 is 45.5 Å². The molecule has 1 amide bonds. The van der Waals surface area contributed by atoms with E-state index in [0.29, 0.717) is 6.42 Å². The number of piperidine rings is 1. The summed E-state index contributed by atoms with van der Waals surface area (Å²) in [5, 5.41) is 1.03. The number of amides is 1. The molecule has 1 aromatic carbocycles. The van der Waals surface area contributed by atoms with Gasteiger partial charge in [0.2, 0.25) is 5.95 Å². The summed E-state index contributed by atoms with van der Waals surface area (Å²) in [6.45, 7) is 0.273. The van der Waals surface area contributed by atoms with Crippen molar-refractivity contribution in [2.45, 2.75) is 30.0 Å². The van der Waals surface area contributed by atoms with Gasteiger partial charge in [-0.3, -0.25) is 9.63 Å². The van der Waals surface area contributed by atoms with Gasteiger partial charge >= 0.3 is 0 Å². The molecule has 0 N–H and O–H groups in total. The van der Waals surface area contributed by atoms with Crippen molar-refractivity contribution in [3.05, 3.63) is 47.8 Å². The van der Waals surface area contributed by atoms with Crippen LogP contribution in [0.2, 0.25) is 0 Å². The van der Waals surface area contributed by atoms with Gasteiger partial charge in [0.15, 0.2) is 9.84 Å². The van der Waals surface area contributed by atoms with Crippen LogP contribution < -0.4 is 4.90 Å². The van der Waals surface area contributed by atoms with Crippen LogP contribution in [0.15, 0.2) is 35.5 Å². The van der Waals surface area contributed by atoms with Crippen LogP contribution in [-0.2, 0) is 19.5 Å². The first-order chi connectivity index (χ1) is 15.1. The fourth-order valence-corrected chi connectivity index (χ4v) is 4.44. The van der Waals surface area contributed by atoms with E-state index in [1.54, 1.807) is 0 Å². The Morgan fingerprint density at radius 1 is 1.12 bits per heavy atom. The van der Waals surface area contributed by atoms with Crippen molar-refractivity contribution < 1.29 is 31.2 Å². The number of alkyl halides is 1. The third-order valence-corrected chi connectivity index (χ3v) is 6.64. The quantitative estimate of drug-likeness (QED) is 0.677. The summed E-state index contributed by atoms with van der Waals surface area (Å²) < 4.78 is 65.3. The molecule has 32 heavy (non-hydrogen) atoms. The molecule has 0 aliphatic carbocycles. The van der Waals surface area contributed by atoms with E-state index in [2.05, 4.69) is 9.97 Å². The van der Waals surface area contributed by atoms with E-state index in [4.69, 9.17) is 4.84 Å². The van der Waals surface area contributed by atoms with Crippen LogP contribution in [0, 0.1) is 17.6 Å². The van der Waals surface area contributed by atoms with Gasteiger partial charge in [-0.15, -0.1) is 0 Å². The highest BCUT2D eigenvalue weighted by molar-refractivity contribution is 7.90. The molecule has 0 saturated carbocycles. The Labute approximate surface area is 182 Å². The second kappa shape index (κ2) is 8.66. The number of rotatable bonds is 4. The fourth-order valence-electron chi connectivity index (χ4n) is 3.95. The Kier molecular flexibility index (Phi) is 6.08. The van der Waals surface area contributed by atoms with E-state index in [0.717, 1.165) is 41.9 Å². The normalized spacial score (nSPS) is 24.1. The first-order valence-electron chi connectivity index (χ1n) is 9.96. The first-order valence-corrected chi connectivity index (χ1v) is 11.9. The monoisotopic (exact) mass is 470 g/mol. The van der Waals surface area contributed by atoms with Crippen molar-refractivity contribution in [3.63, 3.8) is 0 Å². The average Bonchev–Trinajstić information content (AvgIpc) is 3.22. The molecule has 2 aliphatic heterocycles. The number of hydrogen-bond acceptors (Lipinski definition) is 7. The van der Waals surface area contributed by atoms with Crippen LogP contribution in [0.25, 0.3) is 0 Å². The van der Waals surface area contributed by atoms with Crippen LogP contribution in [-0.4, -0.2) is 61.5 Å². The van der Waals surface area contributed by atoms with Gasteiger partial charge in [-0.05, 0) is 24.1 Å². The average molecular weight is 470 g/mol. The van der Waals surface area contributed by atoms with Crippen LogP contribution in [0.1, 0.15) is 24.4 Å². The highest BCUT2D eigenvalue weighted by Gasteiger charge is 2.42. The summed E-state index contributed by atoms with van der Waals surface area (Å²) in [6.07, 6.45) is 2.26. The smallest absolute Gasteiger partial charge is 0.252 e. The Morgan fingerprint density at radius 2 is 1.78 bits per heavy atom. The number of hydrogen-bond donors (Lipinski definition) is 0. The summed E-state index contributed by atoms with van der Waals surface area (Å²) in [4.78, 5) is 27.9. The molecule has 3 atom stereocenters. The van der Waals surface area contributed by atoms with Gasteiger partial charge in [0.05, 0.1) is 37.5 Å². The number of carbonyl (C=O) groups excluding carboxylic acids is 1. The lowest BCUT2D eigenvalue weighted by atomic mass is 9.93. The summed E-state index contributed by atoms with van der Waals surface area (Å²) in [5.74, 6) is -2.95. The lowest BCUT2D eigenvalue weighted by Crippen LogP contribution is -2.49. The Bertz CT molecular complexity index is 1100. The molecule has 2 aromatic rings. The molecule has 172 valence electrons. The van der Waals surface area contributed by atoms with Gasteiger partial charge in [-0.2, -0.15) is 0 Å². The van der Waals surface area contributed by atoms with Crippen LogP contribution >= 0.6 is 0 Å². The molecule has 4 rings (SSSR count). The van der Waals surface area contributed by atoms with Crippen molar-refractivity contribution in [1.82, 2.24) is 15.0 Å². The molecule has 3 heterocycles. The molecule has 8 nitrogen and oxygen atoms in total. The molecule has 0 unspecified atom stereocenters. The van der Waals surface area contributed by atoms with E-state index in [1.807, 2.05) is 0 Å². The van der Waals surface area contributed by atoms with Gasteiger partial charge in [0, 0.05) is 25.3 Å². The fraction of sp³-hybridized carbons (Fsp3) is 0.450. The molecular weight excluding hydrogens is 449 g/mol.